The Morgan fingerprint density at radius 2 is 1.80 bits per heavy atom. The van der Waals surface area contributed by atoms with Crippen molar-refractivity contribution in [2.24, 2.45) is 5.41 Å². The molecule has 0 aromatic rings. The van der Waals surface area contributed by atoms with Gasteiger partial charge in [0, 0.05) is 6.54 Å². The molecule has 0 atom stereocenters. The molecule has 0 aromatic heterocycles. The molecule has 0 aliphatic rings. The smallest absolute Gasteiger partial charge is 0.318 e. The van der Waals surface area contributed by atoms with Crippen LogP contribution in [0.4, 0.5) is 0 Å². The molecule has 0 aromatic carbocycles. The van der Waals surface area contributed by atoms with Crippen molar-refractivity contribution in [2.45, 2.75) is 13.8 Å². The number of rotatable bonds is 5. The van der Waals surface area contributed by atoms with E-state index in [-0.39, 0.29) is 6.54 Å². The summed E-state index contributed by atoms with van der Waals surface area (Å²) in [6.07, 6.45) is 0. The fourth-order valence-electron chi connectivity index (χ4n) is 0.612. The molecule has 0 rings (SSSR count). The molecule has 0 fully saturated rings. The fourth-order valence-corrected chi connectivity index (χ4v) is 0.972. The van der Waals surface area contributed by atoms with Crippen LogP contribution in [0.25, 0.3) is 0 Å². The molecular formula is C7H13NO6S. The molecule has 0 radical (unpaired) electrons. The van der Waals surface area contributed by atoms with Crippen LogP contribution in [0.15, 0.2) is 0 Å². The summed E-state index contributed by atoms with van der Waals surface area (Å²) in [5.41, 5.74) is -1.63. The predicted octanol–water partition coefficient (Wildman–Crippen LogP) is -0.899. The second kappa shape index (κ2) is 4.58. The molecule has 8 heteroatoms. The van der Waals surface area contributed by atoms with E-state index in [0.717, 1.165) is 0 Å². The quantitative estimate of drug-likeness (QED) is 0.422. The summed E-state index contributed by atoms with van der Waals surface area (Å²) in [7, 11) is -4.15. The normalized spacial score (nSPS) is 12.2. The maximum Gasteiger partial charge on any atom is 0.318 e. The zero-order valence-corrected chi connectivity index (χ0v) is 9.17. The van der Waals surface area contributed by atoms with E-state index in [1.165, 1.54) is 13.8 Å². The summed E-state index contributed by atoms with van der Waals surface area (Å²) < 4.78 is 28.9. The van der Waals surface area contributed by atoms with Gasteiger partial charge in [-0.15, -0.1) is 0 Å². The van der Waals surface area contributed by atoms with Gasteiger partial charge in [-0.3, -0.25) is 14.1 Å². The maximum atomic E-state index is 11.2. The van der Waals surface area contributed by atoms with Gasteiger partial charge >= 0.3 is 5.97 Å². The van der Waals surface area contributed by atoms with Crippen molar-refractivity contribution in [3.05, 3.63) is 0 Å². The third-order valence-corrected chi connectivity index (χ3v) is 2.47. The average Bonchev–Trinajstić information content (AvgIpc) is 2.01. The first-order valence-electron chi connectivity index (χ1n) is 4.04. The summed E-state index contributed by atoms with van der Waals surface area (Å²) in [6.45, 7) is 2.06. The van der Waals surface area contributed by atoms with E-state index in [1.807, 2.05) is 0 Å². The van der Waals surface area contributed by atoms with Gasteiger partial charge in [-0.2, -0.15) is 8.42 Å². The van der Waals surface area contributed by atoms with Crippen LogP contribution < -0.4 is 5.32 Å². The van der Waals surface area contributed by atoms with Gasteiger partial charge in [0.2, 0.25) is 5.91 Å². The van der Waals surface area contributed by atoms with Gasteiger partial charge in [0.05, 0.1) is 5.75 Å². The number of carboxylic acids is 1. The van der Waals surface area contributed by atoms with Crippen molar-refractivity contribution in [3.63, 3.8) is 0 Å². The van der Waals surface area contributed by atoms with Gasteiger partial charge in [0.15, 0.2) is 0 Å². The molecule has 88 valence electrons. The van der Waals surface area contributed by atoms with E-state index in [0.29, 0.717) is 0 Å². The molecule has 0 unspecified atom stereocenters. The number of carbonyl (C=O) groups is 2. The van der Waals surface area contributed by atoms with Crippen LogP contribution in [0.2, 0.25) is 0 Å². The molecule has 3 N–H and O–H groups in total. The molecule has 15 heavy (non-hydrogen) atoms. The number of aliphatic carboxylic acids is 1. The van der Waals surface area contributed by atoms with Crippen molar-refractivity contribution in [3.8, 4) is 0 Å². The molecule has 0 spiro atoms. The Hall–Kier alpha value is -1.15. The number of amides is 1. The average molecular weight is 239 g/mol. The van der Waals surface area contributed by atoms with Crippen molar-refractivity contribution in [1.82, 2.24) is 5.32 Å². The molecular weight excluding hydrogens is 226 g/mol. The van der Waals surface area contributed by atoms with Crippen molar-refractivity contribution >= 4 is 22.0 Å². The van der Waals surface area contributed by atoms with Crippen LogP contribution in [0.3, 0.4) is 0 Å². The number of carboxylic acid groups (broad SMARTS) is 1. The Balaban J connectivity index is 4.23. The highest BCUT2D eigenvalue weighted by atomic mass is 32.2. The van der Waals surface area contributed by atoms with Gasteiger partial charge in [-0.05, 0) is 13.8 Å². The van der Waals surface area contributed by atoms with Crippen LogP contribution in [-0.2, 0) is 19.7 Å². The summed E-state index contributed by atoms with van der Waals surface area (Å²) in [6, 6.07) is 0. The summed E-state index contributed by atoms with van der Waals surface area (Å²) in [5, 5.41) is 10.7. The molecule has 0 aliphatic heterocycles. The Morgan fingerprint density at radius 3 is 2.13 bits per heavy atom. The number of nitrogens with one attached hydrogen (secondary N) is 1. The second-order valence-electron chi connectivity index (χ2n) is 3.47. The Labute approximate surface area is 87.2 Å². The predicted molar refractivity (Wildman–Crippen MR) is 50.8 cm³/mol. The van der Waals surface area contributed by atoms with Crippen LogP contribution >= 0.6 is 0 Å². The van der Waals surface area contributed by atoms with Crippen LogP contribution in [0.1, 0.15) is 13.8 Å². The summed E-state index contributed by atoms with van der Waals surface area (Å²) in [4.78, 5) is 21.8. The zero-order chi connectivity index (χ0) is 12.3. The highest BCUT2D eigenvalue weighted by Gasteiger charge is 2.35. The Morgan fingerprint density at radius 1 is 1.33 bits per heavy atom. The van der Waals surface area contributed by atoms with E-state index < -0.39 is 33.2 Å². The first-order chi connectivity index (χ1) is 6.57. The molecule has 1 amide bonds. The topological polar surface area (TPSA) is 121 Å². The third kappa shape index (κ3) is 4.75. The Kier molecular flexibility index (Phi) is 4.23. The number of carbonyl (C=O) groups excluding carboxylic acids is 1. The third-order valence-electron chi connectivity index (χ3n) is 1.75. The minimum atomic E-state index is -4.15. The summed E-state index contributed by atoms with van der Waals surface area (Å²) >= 11 is 0. The standard InChI is InChI=1S/C7H13NO6S/c1-7(2,6(10)11)5(9)8-3-4-15(12,13)14/h3-4H2,1-2H3,(H,8,9)(H,10,11)(H,12,13,14). The van der Waals surface area contributed by atoms with E-state index in [1.54, 1.807) is 0 Å². The zero-order valence-electron chi connectivity index (χ0n) is 8.35. The van der Waals surface area contributed by atoms with Gasteiger partial charge in [-0.25, -0.2) is 0 Å². The molecule has 7 nitrogen and oxygen atoms in total. The lowest BCUT2D eigenvalue weighted by Gasteiger charge is -2.17. The molecule has 0 saturated carbocycles. The summed E-state index contributed by atoms with van der Waals surface area (Å²) in [5.74, 6) is -2.76. The van der Waals surface area contributed by atoms with E-state index in [4.69, 9.17) is 9.66 Å². The lowest BCUT2D eigenvalue weighted by molar-refractivity contribution is -0.153. The van der Waals surface area contributed by atoms with Crippen LogP contribution in [-0.4, -0.2) is 42.3 Å². The first-order valence-corrected chi connectivity index (χ1v) is 5.65. The SMILES string of the molecule is CC(C)(C(=O)O)C(=O)NCCS(=O)(=O)O. The molecule has 0 heterocycles. The van der Waals surface area contributed by atoms with E-state index in [2.05, 4.69) is 5.32 Å². The molecule has 0 saturated heterocycles. The van der Waals surface area contributed by atoms with Gasteiger partial charge in [0.25, 0.3) is 10.1 Å². The first kappa shape index (κ1) is 13.8. The monoisotopic (exact) mass is 239 g/mol. The van der Waals surface area contributed by atoms with Crippen molar-refractivity contribution < 1.29 is 27.7 Å². The second-order valence-corrected chi connectivity index (χ2v) is 5.04. The van der Waals surface area contributed by atoms with Crippen molar-refractivity contribution in [1.29, 1.82) is 0 Å². The number of hydrogen-bond donors (Lipinski definition) is 3. The fraction of sp³-hybridized carbons (Fsp3) is 0.714. The lowest BCUT2D eigenvalue weighted by atomic mass is 9.93. The highest BCUT2D eigenvalue weighted by molar-refractivity contribution is 7.85. The van der Waals surface area contributed by atoms with Gasteiger partial charge in [-0.1, -0.05) is 0 Å². The van der Waals surface area contributed by atoms with E-state index in [9.17, 15) is 18.0 Å². The van der Waals surface area contributed by atoms with Gasteiger partial charge < -0.3 is 10.4 Å². The minimum absolute atomic E-state index is 0.325. The maximum absolute atomic E-state index is 11.2. The molecule has 0 aliphatic carbocycles. The molecule has 0 bridgehead atoms. The largest absolute Gasteiger partial charge is 0.480 e. The number of hydrogen-bond acceptors (Lipinski definition) is 4. The van der Waals surface area contributed by atoms with Crippen LogP contribution in [0, 0.1) is 5.41 Å². The van der Waals surface area contributed by atoms with Gasteiger partial charge in [0.1, 0.15) is 5.41 Å². The van der Waals surface area contributed by atoms with Crippen LogP contribution in [0.5, 0.6) is 0 Å². The Bertz CT molecular complexity index is 358. The van der Waals surface area contributed by atoms with E-state index >= 15 is 0 Å². The highest BCUT2D eigenvalue weighted by Crippen LogP contribution is 2.14. The van der Waals surface area contributed by atoms with Crippen molar-refractivity contribution in [2.75, 3.05) is 12.3 Å². The lowest BCUT2D eigenvalue weighted by Crippen LogP contribution is -2.43. The minimum Gasteiger partial charge on any atom is -0.480 e.